The van der Waals surface area contributed by atoms with Gasteiger partial charge in [-0.15, -0.1) is 0 Å². The quantitative estimate of drug-likeness (QED) is 0.759. The first-order valence-electron chi connectivity index (χ1n) is 7.80. The van der Waals surface area contributed by atoms with Crippen LogP contribution in [0.2, 0.25) is 5.02 Å². The van der Waals surface area contributed by atoms with Crippen molar-refractivity contribution in [1.82, 2.24) is 14.9 Å². The number of carbonyl (C=O) groups excluding carboxylic acids is 1. The Bertz CT molecular complexity index is 826. The molecular weight excluding hydrogens is 322 g/mol. The number of hydrogen-bond acceptors (Lipinski definition) is 2. The van der Waals surface area contributed by atoms with Crippen molar-refractivity contribution in [3.8, 4) is 11.1 Å². The van der Waals surface area contributed by atoms with Crippen molar-refractivity contribution in [3.05, 3.63) is 77.3 Å². The van der Waals surface area contributed by atoms with Crippen LogP contribution in [0.15, 0.2) is 61.1 Å². The van der Waals surface area contributed by atoms with Gasteiger partial charge in [0.2, 0.25) is 0 Å². The number of nitrogens with one attached hydrogen (secondary N) is 1. The van der Waals surface area contributed by atoms with E-state index in [4.69, 9.17) is 11.6 Å². The van der Waals surface area contributed by atoms with Gasteiger partial charge in [-0.2, -0.15) is 0 Å². The number of benzene rings is 1. The third-order valence-corrected chi connectivity index (χ3v) is 4.10. The molecule has 2 heterocycles. The highest BCUT2D eigenvalue weighted by molar-refractivity contribution is 6.30. The molecule has 0 unspecified atom stereocenters. The van der Waals surface area contributed by atoms with Crippen LogP contribution in [0.5, 0.6) is 0 Å². The molecule has 0 spiro atoms. The smallest absolute Gasteiger partial charge is 0.268 e. The second kappa shape index (κ2) is 7.32. The second-order valence-electron chi connectivity index (χ2n) is 5.45. The van der Waals surface area contributed by atoms with Crippen molar-refractivity contribution in [3.63, 3.8) is 0 Å². The van der Waals surface area contributed by atoms with Gasteiger partial charge in [-0.25, -0.2) is 0 Å². The van der Waals surface area contributed by atoms with E-state index >= 15 is 0 Å². The minimum Gasteiger partial charge on any atom is -0.347 e. The zero-order chi connectivity index (χ0) is 16.9. The number of hydrogen-bond donors (Lipinski definition) is 1. The van der Waals surface area contributed by atoms with E-state index < -0.39 is 0 Å². The molecule has 3 rings (SSSR count). The number of carbonyl (C=O) groups is 1. The average Bonchev–Trinajstić information content (AvgIpc) is 3.05. The molecule has 122 valence electrons. The first-order valence-corrected chi connectivity index (χ1v) is 8.18. The molecule has 1 amide bonds. The zero-order valence-electron chi connectivity index (χ0n) is 13.4. The molecule has 1 N–H and O–H groups in total. The highest BCUT2D eigenvalue weighted by Gasteiger charge is 2.13. The fraction of sp³-hybridized carbons (Fsp3) is 0.158. The molecular formula is C19H18ClN3O. The lowest BCUT2D eigenvalue weighted by atomic mass is 10.1. The lowest BCUT2D eigenvalue weighted by Crippen LogP contribution is -2.25. The largest absolute Gasteiger partial charge is 0.347 e. The number of amides is 1. The van der Waals surface area contributed by atoms with E-state index in [1.54, 1.807) is 12.4 Å². The van der Waals surface area contributed by atoms with E-state index in [1.165, 1.54) is 0 Å². The van der Waals surface area contributed by atoms with E-state index in [0.29, 0.717) is 17.3 Å². The molecule has 24 heavy (non-hydrogen) atoms. The highest BCUT2D eigenvalue weighted by Crippen LogP contribution is 2.24. The molecule has 0 saturated carbocycles. The number of aryl methyl sites for hydroxylation is 1. The maximum Gasteiger partial charge on any atom is 0.268 e. The molecule has 0 aliphatic carbocycles. The highest BCUT2D eigenvalue weighted by atomic mass is 35.5. The fourth-order valence-corrected chi connectivity index (χ4v) is 2.66. The number of rotatable bonds is 5. The van der Waals surface area contributed by atoms with Gasteiger partial charge < -0.3 is 9.88 Å². The Balaban J connectivity index is 1.79. The van der Waals surface area contributed by atoms with Crippen LogP contribution in [0, 0.1) is 0 Å². The standard InChI is InChI=1S/C19H18ClN3O/c1-2-23-13-16(15-3-5-17(20)6-4-15)11-18(23)19(24)22-12-14-7-9-21-10-8-14/h3-11,13H,2,12H2,1H3,(H,22,24). The molecule has 4 nitrogen and oxygen atoms in total. The zero-order valence-corrected chi connectivity index (χ0v) is 14.1. The molecule has 1 aromatic carbocycles. The summed E-state index contributed by atoms with van der Waals surface area (Å²) >= 11 is 5.94. The van der Waals surface area contributed by atoms with E-state index in [9.17, 15) is 4.79 Å². The molecule has 0 bridgehead atoms. The SMILES string of the molecule is CCn1cc(-c2ccc(Cl)cc2)cc1C(=O)NCc1ccncc1. The van der Waals surface area contributed by atoms with Gasteiger partial charge >= 0.3 is 0 Å². The summed E-state index contributed by atoms with van der Waals surface area (Å²) in [5, 5.41) is 3.65. The van der Waals surface area contributed by atoms with Crippen molar-refractivity contribution in [2.75, 3.05) is 0 Å². The predicted molar refractivity (Wildman–Crippen MR) is 96.0 cm³/mol. The predicted octanol–water partition coefficient (Wildman–Crippen LogP) is 4.15. The Morgan fingerprint density at radius 1 is 1.12 bits per heavy atom. The molecule has 0 saturated heterocycles. The summed E-state index contributed by atoms with van der Waals surface area (Å²) in [5.41, 5.74) is 3.71. The van der Waals surface area contributed by atoms with Gasteiger partial charge in [0.25, 0.3) is 5.91 Å². The summed E-state index contributed by atoms with van der Waals surface area (Å²) < 4.78 is 1.95. The molecule has 0 atom stereocenters. The molecule has 0 aliphatic heterocycles. The van der Waals surface area contributed by atoms with E-state index in [0.717, 1.165) is 23.2 Å². The maximum atomic E-state index is 12.5. The Kier molecular flexibility index (Phi) is 4.96. The Labute approximate surface area is 146 Å². The van der Waals surface area contributed by atoms with Crippen molar-refractivity contribution in [1.29, 1.82) is 0 Å². The fourth-order valence-electron chi connectivity index (χ4n) is 2.54. The van der Waals surface area contributed by atoms with E-state index in [-0.39, 0.29) is 5.91 Å². The normalized spacial score (nSPS) is 10.6. The van der Waals surface area contributed by atoms with Gasteiger partial charge in [0.15, 0.2) is 0 Å². The van der Waals surface area contributed by atoms with Crippen LogP contribution in [0.3, 0.4) is 0 Å². The van der Waals surface area contributed by atoms with Gasteiger partial charge in [0.1, 0.15) is 5.69 Å². The lowest BCUT2D eigenvalue weighted by molar-refractivity contribution is 0.0941. The first-order chi connectivity index (χ1) is 11.7. The van der Waals surface area contributed by atoms with Crippen molar-refractivity contribution in [2.24, 2.45) is 0 Å². The average molecular weight is 340 g/mol. The minimum atomic E-state index is -0.0890. The number of aromatic nitrogens is 2. The molecule has 5 heteroatoms. The Hall–Kier alpha value is -2.59. The van der Waals surface area contributed by atoms with E-state index in [2.05, 4.69) is 10.3 Å². The summed E-state index contributed by atoms with van der Waals surface area (Å²) in [6.07, 6.45) is 5.42. The van der Waals surface area contributed by atoms with Crippen LogP contribution in [0.1, 0.15) is 23.0 Å². The van der Waals surface area contributed by atoms with Crippen molar-refractivity contribution in [2.45, 2.75) is 20.0 Å². The van der Waals surface area contributed by atoms with Crippen LogP contribution in [0.4, 0.5) is 0 Å². The van der Waals surface area contributed by atoms with Crippen molar-refractivity contribution < 1.29 is 4.79 Å². The third kappa shape index (κ3) is 3.66. The summed E-state index contributed by atoms with van der Waals surface area (Å²) in [5.74, 6) is -0.0890. The first kappa shape index (κ1) is 16.3. The lowest BCUT2D eigenvalue weighted by Gasteiger charge is -2.07. The van der Waals surface area contributed by atoms with Crippen molar-refractivity contribution >= 4 is 17.5 Å². The van der Waals surface area contributed by atoms with Gasteiger partial charge in [-0.05, 0) is 48.4 Å². The van der Waals surface area contributed by atoms with Gasteiger partial charge in [-0.3, -0.25) is 9.78 Å². The molecule has 2 aromatic heterocycles. The van der Waals surface area contributed by atoms with Gasteiger partial charge in [0, 0.05) is 42.3 Å². The molecule has 0 aliphatic rings. The van der Waals surface area contributed by atoms with Gasteiger partial charge in [0.05, 0.1) is 0 Å². The van der Waals surface area contributed by atoms with Crippen LogP contribution in [0.25, 0.3) is 11.1 Å². The summed E-state index contributed by atoms with van der Waals surface area (Å²) in [6.45, 7) is 3.23. The second-order valence-corrected chi connectivity index (χ2v) is 5.88. The summed E-state index contributed by atoms with van der Waals surface area (Å²) in [6, 6.07) is 13.3. The monoisotopic (exact) mass is 339 g/mol. The van der Waals surface area contributed by atoms with Gasteiger partial charge in [-0.1, -0.05) is 23.7 Å². The summed E-state index contributed by atoms with van der Waals surface area (Å²) in [7, 11) is 0. The molecule has 0 fully saturated rings. The Morgan fingerprint density at radius 3 is 2.50 bits per heavy atom. The van der Waals surface area contributed by atoms with Crippen LogP contribution in [-0.2, 0) is 13.1 Å². The van der Waals surface area contributed by atoms with Crippen LogP contribution >= 0.6 is 11.6 Å². The summed E-state index contributed by atoms with van der Waals surface area (Å²) in [4.78, 5) is 16.5. The number of pyridine rings is 1. The molecule has 0 radical (unpaired) electrons. The van der Waals surface area contributed by atoms with Crippen LogP contribution in [-0.4, -0.2) is 15.5 Å². The maximum absolute atomic E-state index is 12.5. The third-order valence-electron chi connectivity index (χ3n) is 3.85. The minimum absolute atomic E-state index is 0.0890. The topological polar surface area (TPSA) is 46.9 Å². The molecule has 3 aromatic rings. The van der Waals surface area contributed by atoms with Crippen LogP contribution < -0.4 is 5.32 Å². The Morgan fingerprint density at radius 2 is 1.83 bits per heavy atom. The number of halogens is 1. The number of nitrogens with zero attached hydrogens (tertiary/aromatic N) is 2. The van der Waals surface area contributed by atoms with E-state index in [1.807, 2.05) is 60.2 Å².